The Morgan fingerprint density at radius 3 is 2.15 bits per heavy atom. The first-order valence-electron chi connectivity index (χ1n) is 3.95. The van der Waals surface area contributed by atoms with Gasteiger partial charge in [0.05, 0.1) is 0 Å². The van der Waals surface area contributed by atoms with Crippen molar-refractivity contribution in [3.63, 3.8) is 0 Å². The molecule has 3 heteroatoms. The number of nitrogen functional groups attached to an aromatic ring is 2. The van der Waals surface area contributed by atoms with E-state index < -0.39 is 0 Å². The van der Waals surface area contributed by atoms with Gasteiger partial charge in [0.15, 0.2) is 0 Å². The molecular weight excluding hydrogens is 164 g/mol. The van der Waals surface area contributed by atoms with Crippen molar-refractivity contribution in [2.75, 3.05) is 11.5 Å². The lowest BCUT2D eigenvalue weighted by atomic mass is 10.1. The van der Waals surface area contributed by atoms with Crippen molar-refractivity contribution in [3.05, 3.63) is 30.3 Å². The van der Waals surface area contributed by atoms with E-state index in [9.17, 15) is 5.11 Å². The number of phenolic OH excluding ortho intramolecular Hbond substituents is 1. The first kappa shape index (κ1) is 7.73. The number of rotatable bonds is 0. The standard InChI is InChI=1S/C10H10N2O/c11-9-3-4-10(12)8-5-6(13)1-2-7(8)9/h1-5,13H,11-12H2. The summed E-state index contributed by atoms with van der Waals surface area (Å²) in [6.45, 7) is 0. The SMILES string of the molecule is Nc1ccc(N)c2cc(O)ccc12. The Kier molecular flexibility index (Phi) is 1.52. The second-order valence-corrected chi connectivity index (χ2v) is 2.97. The fraction of sp³-hybridized carbons (Fsp3) is 0. The lowest BCUT2D eigenvalue weighted by Crippen LogP contribution is -1.91. The molecule has 0 aliphatic carbocycles. The van der Waals surface area contributed by atoms with E-state index in [1.165, 1.54) is 0 Å². The predicted octanol–water partition coefficient (Wildman–Crippen LogP) is 1.71. The molecule has 0 aliphatic rings. The van der Waals surface area contributed by atoms with Crippen LogP contribution in [0.15, 0.2) is 30.3 Å². The molecule has 0 amide bonds. The van der Waals surface area contributed by atoms with E-state index in [0.717, 1.165) is 10.8 Å². The van der Waals surface area contributed by atoms with Gasteiger partial charge in [0, 0.05) is 22.1 Å². The van der Waals surface area contributed by atoms with Crippen molar-refractivity contribution >= 4 is 22.1 Å². The minimum Gasteiger partial charge on any atom is -0.508 e. The van der Waals surface area contributed by atoms with Gasteiger partial charge >= 0.3 is 0 Å². The third-order valence-corrected chi connectivity index (χ3v) is 2.07. The number of phenols is 1. The molecule has 5 N–H and O–H groups in total. The molecular formula is C10H10N2O. The van der Waals surface area contributed by atoms with E-state index in [1.54, 1.807) is 30.3 Å². The van der Waals surface area contributed by atoms with Crippen molar-refractivity contribution in [1.29, 1.82) is 0 Å². The zero-order valence-corrected chi connectivity index (χ0v) is 6.99. The number of nitrogens with two attached hydrogens (primary N) is 2. The van der Waals surface area contributed by atoms with Crippen LogP contribution in [0.1, 0.15) is 0 Å². The molecule has 0 saturated carbocycles. The number of benzene rings is 2. The monoisotopic (exact) mass is 174 g/mol. The van der Waals surface area contributed by atoms with E-state index in [1.807, 2.05) is 0 Å². The van der Waals surface area contributed by atoms with E-state index >= 15 is 0 Å². The maximum Gasteiger partial charge on any atom is 0.116 e. The Hall–Kier alpha value is -1.90. The van der Waals surface area contributed by atoms with Gasteiger partial charge in [-0.05, 0) is 30.3 Å². The second-order valence-electron chi connectivity index (χ2n) is 2.97. The maximum absolute atomic E-state index is 9.25. The summed E-state index contributed by atoms with van der Waals surface area (Å²) in [4.78, 5) is 0. The summed E-state index contributed by atoms with van der Waals surface area (Å²) >= 11 is 0. The van der Waals surface area contributed by atoms with Crippen LogP contribution in [0.25, 0.3) is 10.8 Å². The number of hydrogen-bond acceptors (Lipinski definition) is 3. The fourth-order valence-electron chi connectivity index (χ4n) is 1.38. The van der Waals surface area contributed by atoms with Gasteiger partial charge in [-0.2, -0.15) is 0 Å². The van der Waals surface area contributed by atoms with E-state index in [4.69, 9.17) is 11.5 Å². The summed E-state index contributed by atoms with van der Waals surface area (Å²) in [6, 6.07) is 8.46. The normalized spacial score (nSPS) is 10.5. The van der Waals surface area contributed by atoms with Gasteiger partial charge in [-0.3, -0.25) is 0 Å². The van der Waals surface area contributed by atoms with Gasteiger partial charge in [0.25, 0.3) is 0 Å². The van der Waals surface area contributed by atoms with E-state index in [-0.39, 0.29) is 5.75 Å². The number of anilines is 2. The van der Waals surface area contributed by atoms with E-state index in [0.29, 0.717) is 11.4 Å². The molecule has 3 nitrogen and oxygen atoms in total. The van der Waals surface area contributed by atoms with Crippen molar-refractivity contribution in [1.82, 2.24) is 0 Å². The highest BCUT2D eigenvalue weighted by Crippen LogP contribution is 2.29. The lowest BCUT2D eigenvalue weighted by Gasteiger charge is -2.04. The average Bonchev–Trinajstić information content (AvgIpc) is 2.12. The molecule has 2 aromatic carbocycles. The summed E-state index contributed by atoms with van der Waals surface area (Å²) < 4.78 is 0. The summed E-state index contributed by atoms with van der Waals surface area (Å²) in [5, 5.41) is 10.9. The lowest BCUT2D eigenvalue weighted by molar-refractivity contribution is 0.476. The van der Waals surface area contributed by atoms with Crippen LogP contribution in [0, 0.1) is 0 Å². The van der Waals surface area contributed by atoms with Crippen LogP contribution in [-0.4, -0.2) is 5.11 Å². The molecule has 0 spiro atoms. The third kappa shape index (κ3) is 1.14. The molecule has 2 aromatic rings. The van der Waals surface area contributed by atoms with Crippen LogP contribution >= 0.6 is 0 Å². The van der Waals surface area contributed by atoms with Gasteiger partial charge < -0.3 is 16.6 Å². The Morgan fingerprint density at radius 2 is 1.46 bits per heavy atom. The summed E-state index contributed by atoms with van der Waals surface area (Å²) in [6.07, 6.45) is 0. The molecule has 0 bridgehead atoms. The topological polar surface area (TPSA) is 72.3 Å². The van der Waals surface area contributed by atoms with Crippen LogP contribution in [0.3, 0.4) is 0 Å². The van der Waals surface area contributed by atoms with Crippen LogP contribution in [0.5, 0.6) is 5.75 Å². The van der Waals surface area contributed by atoms with Crippen LogP contribution in [0.4, 0.5) is 11.4 Å². The first-order valence-corrected chi connectivity index (χ1v) is 3.95. The molecule has 0 aromatic heterocycles. The molecule has 0 unspecified atom stereocenters. The van der Waals surface area contributed by atoms with Crippen LogP contribution < -0.4 is 11.5 Å². The van der Waals surface area contributed by atoms with E-state index in [2.05, 4.69) is 0 Å². The number of hydrogen-bond donors (Lipinski definition) is 3. The van der Waals surface area contributed by atoms with Gasteiger partial charge in [-0.15, -0.1) is 0 Å². The second kappa shape index (κ2) is 2.55. The smallest absolute Gasteiger partial charge is 0.116 e. The van der Waals surface area contributed by atoms with Gasteiger partial charge in [-0.1, -0.05) is 0 Å². The maximum atomic E-state index is 9.25. The molecule has 13 heavy (non-hydrogen) atoms. The van der Waals surface area contributed by atoms with Crippen molar-refractivity contribution in [2.45, 2.75) is 0 Å². The van der Waals surface area contributed by atoms with Crippen molar-refractivity contribution < 1.29 is 5.11 Å². The minimum absolute atomic E-state index is 0.199. The average molecular weight is 174 g/mol. The minimum atomic E-state index is 0.199. The highest BCUT2D eigenvalue weighted by molar-refractivity contribution is 6.00. The molecule has 0 radical (unpaired) electrons. The summed E-state index contributed by atoms with van der Waals surface area (Å²) in [5.41, 5.74) is 12.8. The fourth-order valence-corrected chi connectivity index (χ4v) is 1.38. The van der Waals surface area contributed by atoms with Gasteiger partial charge in [-0.25, -0.2) is 0 Å². The zero-order valence-electron chi connectivity index (χ0n) is 6.99. The molecule has 0 heterocycles. The molecule has 0 saturated heterocycles. The summed E-state index contributed by atoms with van der Waals surface area (Å²) in [5.74, 6) is 0.199. The molecule has 2 rings (SSSR count). The Morgan fingerprint density at radius 1 is 0.846 bits per heavy atom. The highest BCUT2D eigenvalue weighted by Gasteiger charge is 2.01. The number of fused-ring (bicyclic) bond motifs is 1. The Bertz CT molecular complexity index is 466. The summed E-state index contributed by atoms with van der Waals surface area (Å²) in [7, 11) is 0. The zero-order chi connectivity index (χ0) is 9.42. The molecule has 66 valence electrons. The molecule has 0 aliphatic heterocycles. The number of aromatic hydroxyl groups is 1. The third-order valence-electron chi connectivity index (χ3n) is 2.07. The largest absolute Gasteiger partial charge is 0.508 e. The Balaban J connectivity index is 2.92. The molecule has 0 fully saturated rings. The first-order chi connectivity index (χ1) is 6.18. The highest BCUT2D eigenvalue weighted by atomic mass is 16.3. The van der Waals surface area contributed by atoms with Crippen LogP contribution in [-0.2, 0) is 0 Å². The van der Waals surface area contributed by atoms with Crippen molar-refractivity contribution in [3.8, 4) is 5.75 Å². The Labute approximate surface area is 75.6 Å². The van der Waals surface area contributed by atoms with Crippen LogP contribution in [0.2, 0.25) is 0 Å². The quantitative estimate of drug-likeness (QED) is 0.532. The molecule has 0 atom stereocenters. The van der Waals surface area contributed by atoms with Gasteiger partial charge in [0.2, 0.25) is 0 Å². The van der Waals surface area contributed by atoms with Crippen molar-refractivity contribution in [2.24, 2.45) is 0 Å². The predicted molar refractivity (Wildman–Crippen MR) is 54.4 cm³/mol. The van der Waals surface area contributed by atoms with Gasteiger partial charge in [0.1, 0.15) is 5.75 Å².